The van der Waals surface area contributed by atoms with Crippen LogP contribution in [0.4, 0.5) is 8.78 Å². The van der Waals surface area contributed by atoms with Gasteiger partial charge >= 0.3 is 0 Å². The van der Waals surface area contributed by atoms with Crippen LogP contribution in [0.2, 0.25) is 0 Å². The summed E-state index contributed by atoms with van der Waals surface area (Å²) in [5, 5.41) is 0. The second kappa shape index (κ2) is 11.7. The SMILES string of the molecule is CCCOc1ccc(C2=C(C)CCOC(CC3CCC=C4N=C(c5cccc(F)c5F)N=C4C=N3)=C2)cc1. The summed E-state index contributed by atoms with van der Waals surface area (Å²) in [6.45, 7) is 5.58. The van der Waals surface area contributed by atoms with Gasteiger partial charge in [0.2, 0.25) is 0 Å². The highest BCUT2D eigenvalue weighted by molar-refractivity contribution is 6.43. The molecule has 5 rings (SSSR count). The van der Waals surface area contributed by atoms with Crippen molar-refractivity contribution in [3.05, 3.63) is 94.4 Å². The number of ether oxygens (including phenoxy) is 2. The smallest absolute Gasteiger partial charge is 0.169 e. The number of hydrogen-bond donors (Lipinski definition) is 0. The van der Waals surface area contributed by atoms with Gasteiger partial charge in [-0.3, -0.25) is 4.99 Å². The van der Waals surface area contributed by atoms with Crippen LogP contribution in [0.15, 0.2) is 86.6 Å². The Morgan fingerprint density at radius 1 is 1.08 bits per heavy atom. The quantitative estimate of drug-likeness (QED) is 0.390. The van der Waals surface area contributed by atoms with Gasteiger partial charge < -0.3 is 9.47 Å². The van der Waals surface area contributed by atoms with Crippen LogP contribution in [-0.4, -0.2) is 37.0 Å². The van der Waals surface area contributed by atoms with Crippen molar-refractivity contribution in [3.8, 4) is 5.75 Å². The predicted octanol–water partition coefficient (Wildman–Crippen LogP) is 7.24. The summed E-state index contributed by atoms with van der Waals surface area (Å²) in [5.41, 5.74) is 4.84. The number of halogens is 2. The van der Waals surface area contributed by atoms with Crippen LogP contribution in [0, 0.1) is 11.6 Å². The minimum atomic E-state index is -0.944. The lowest BCUT2D eigenvalue weighted by Gasteiger charge is -2.16. The standard InChI is InChI=1S/C31H31F2N3O2/c1-3-15-37-23-12-10-21(11-13-23)26-18-24(38-16-14-20(26)2)17-22-6-4-9-28-29(19-34-22)36-31(35-28)25-7-5-8-27(32)30(25)33/h5,7-13,18-19,22H,3-4,6,14-17H2,1-2H3. The zero-order valence-electron chi connectivity index (χ0n) is 21.7. The normalized spacial score (nSPS) is 19.3. The van der Waals surface area contributed by atoms with Crippen LogP contribution in [-0.2, 0) is 4.74 Å². The Labute approximate surface area is 222 Å². The Morgan fingerprint density at radius 3 is 2.74 bits per heavy atom. The molecule has 2 aromatic rings. The van der Waals surface area contributed by atoms with Gasteiger partial charge in [0.25, 0.3) is 0 Å². The number of benzene rings is 2. The van der Waals surface area contributed by atoms with E-state index in [-0.39, 0.29) is 17.4 Å². The van der Waals surface area contributed by atoms with Gasteiger partial charge in [0.1, 0.15) is 11.5 Å². The van der Waals surface area contributed by atoms with Gasteiger partial charge in [-0.2, -0.15) is 0 Å². The lowest BCUT2D eigenvalue weighted by atomic mass is 9.97. The lowest BCUT2D eigenvalue weighted by molar-refractivity contribution is 0.203. The molecular weight excluding hydrogens is 484 g/mol. The number of rotatable bonds is 7. The molecule has 1 atom stereocenters. The molecule has 5 nitrogen and oxygen atoms in total. The van der Waals surface area contributed by atoms with E-state index in [0.717, 1.165) is 48.8 Å². The van der Waals surface area contributed by atoms with Gasteiger partial charge in [-0.1, -0.05) is 36.8 Å². The minimum Gasteiger partial charge on any atom is -0.498 e. The van der Waals surface area contributed by atoms with Crippen LogP contribution in [0.25, 0.3) is 5.57 Å². The summed E-state index contributed by atoms with van der Waals surface area (Å²) >= 11 is 0. The zero-order chi connectivity index (χ0) is 26.5. The monoisotopic (exact) mass is 515 g/mol. The maximum atomic E-state index is 14.3. The van der Waals surface area contributed by atoms with Crippen molar-refractivity contribution in [2.75, 3.05) is 13.2 Å². The summed E-state index contributed by atoms with van der Waals surface area (Å²) in [6, 6.07) is 12.2. The number of amidine groups is 1. The van der Waals surface area contributed by atoms with E-state index in [9.17, 15) is 8.78 Å². The Morgan fingerprint density at radius 2 is 1.92 bits per heavy atom. The predicted molar refractivity (Wildman–Crippen MR) is 148 cm³/mol. The molecule has 7 heteroatoms. The molecule has 2 aromatic carbocycles. The topological polar surface area (TPSA) is 55.5 Å². The first-order valence-electron chi connectivity index (χ1n) is 13.1. The van der Waals surface area contributed by atoms with E-state index in [1.54, 1.807) is 6.21 Å². The Hall–Kier alpha value is -3.87. The van der Waals surface area contributed by atoms with E-state index in [1.165, 1.54) is 23.3 Å². The van der Waals surface area contributed by atoms with Crippen molar-refractivity contribution in [1.29, 1.82) is 0 Å². The fourth-order valence-electron chi connectivity index (χ4n) is 4.65. The molecule has 0 N–H and O–H groups in total. The molecule has 0 aromatic heterocycles. The summed E-state index contributed by atoms with van der Waals surface area (Å²) in [6.07, 6.45) is 9.87. The van der Waals surface area contributed by atoms with E-state index in [4.69, 9.17) is 14.5 Å². The summed E-state index contributed by atoms with van der Waals surface area (Å²) in [4.78, 5) is 13.7. The summed E-state index contributed by atoms with van der Waals surface area (Å²) < 4.78 is 39.9. The average molecular weight is 516 g/mol. The molecule has 0 amide bonds. The maximum absolute atomic E-state index is 14.3. The van der Waals surface area contributed by atoms with Gasteiger partial charge in [-0.05, 0) is 67.7 Å². The highest BCUT2D eigenvalue weighted by Gasteiger charge is 2.23. The summed E-state index contributed by atoms with van der Waals surface area (Å²) in [7, 11) is 0. The third-order valence-corrected chi connectivity index (χ3v) is 6.76. The van der Waals surface area contributed by atoms with Crippen molar-refractivity contribution in [2.45, 2.75) is 52.0 Å². The van der Waals surface area contributed by atoms with Crippen molar-refractivity contribution in [1.82, 2.24) is 0 Å². The maximum Gasteiger partial charge on any atom is 0.169 e. The summed E-state index contributed by atoms with van der Waals surface area (Å²) in [5.74, 6) is 0.0846. The van der Waals surface area contributed by atoms with E-state index in [2.05, 4.69) is 42.0 Å². The second-order valence-electron chi connectivity index (χ2n) is 9.61. The van der Waals surface area contributed by atoms with Crippen molar-refractivity contribution in [2.24, 2.45) is 15.0 Å². The molecule has 3 aliphatic rings. The highest BCUT2D eigenvalue weighted by Crippen LogP contribution is 2.31. The molecule has 0 bridgehead atoms. The molecular formula is C31H31F2N3O2. The number of hydrogen-bond acceptors (Lipinski definition) is 5. The zero-order valence-corrected chi connectivity index (χ0v) is 21.7. The largest absolute Gasteiger partial charge is 0.498 e. The molecule has 1 unspecified atom stereocenters. The first-order chi connectivity index (χ1) is 18.5. The fourth-order valence-corrected chi connectivity index (χ4v) is 4.65. The first-order valence-corrected chi connectivity index (χ1v) is 13.1. The van der Waals surface area contributed by atoms with Gasteiger partial charge in [-0.25, -0.2) is 18.8 Å². The van der Waals surface area contributed by atoms with Crippen molar-refractivity contribution < 1.29 is 18.3 Å². The molecule has 196 valence electrons. The fraction of sp³-hybridized carbons (Fsp3) is 0.323. The van der Waals surface area contributed by atoms with Gasteiger partial charge in [0.15, 0.2) is 17.5 Å². The molecule has 0 spiro atoms. The van der Waals surface area contributed by atoms with E-state index in [0.29, 0.717) is 31.0 Å². The molecule has 3 heterocycles. The Balaban J connectivity index is 1.32. The van der Waals surface area contributed by atoms with Crippen LogP contribution < -0.4 is 4.74 Å². The van der Waals surface area contributed by atoms with E-state index < -0.39 is 11.6 Å². The number of allylic oxidation sites excluding steroid dienone is 4. The van der Waals surface area contributed by atoms with Gasteiger partial charge in [-0.15, -0.1) is 0 Å². The van der Waals surface area contributed by atoms with E-state index in [1.807, 2.05) is 18.2 Å². The molecule has 38 heavy (non-hydrogen) atoms. The number of aliphatic imine (C=N–C) groups is 3. The third-order valence-electron chi connectivity index (χ3n) is 6.76. The van der Waals surface area contributed by atoms with Gasteiger partial charge in [0.05, 0.1) is 36.3 Å². The number of fused-ring (bicyclic) bond motifs is 1. The molecule has 3 aliphatic heterocycles. The molecule has 0 saturated heterocycles. The van der Waals surface area contributed by atoms with Crippen molar-refractivity contribution >= 4 is 23.3 Å². The Kier molecular flexibility index (Phi) is 7.91. The molecule has 0 aliphatic carbocycles. The molecule has 0 saturated carbocycles. The lowest BCUT2D eigenvalue weighted by Crippen LogP contribution is -2.13. The third kappa shape index (κ3) is 5.82. The van der Waals surface area contributed by atoms with Crippen LogP contribution in [0.3, 0.4) is 0 Å². The average Bonchev–Trinajstić information content (AvgIpc) is 3.20. The molecule has 0 fully saturated rings. The Bertz CT molecular complexity index is 1380. The highest BCUT2D eigenvalue weighted by atomic mass is 19.2. The van der Waals surface area contributed by atoms with Crippen LogP contribution in [0.1, 0.15) is 57.1 Å². The molecule has 0 radical (unpaired) electrons. The van der Waals surface area contributed by atoms with E-state index >= 15 is 0 Å². The van der Waals surface area contributed by atoms with Gasteiger partial charge in [0, 0.05) is 19.1 Å². The van der Waals surface area contributed by atoms with Crippen molar-refractivity contribution in [3.63, 3.8) is 0 Å². The van der Waals surface area contributed by atoms with Crippen LogP contribution >= 0.6 is 0 Å². The minimum absolute atomic E-state index is 0.00109. The van der Waals surface area contributed by atoms with Crippen LogP contribution in [0.5, 0.6) is 5.75 Å². The first kappa shape index (κ1) is 25.8. The number of nitrogens with zero attached hydrogens (tertiary/aromatic N) is 3. The second-order valence-corrected chi connectivity index (χ2v) is 9.61.